The Balaban J connectivity index is 1.96. The van der Waals surface area contributed by atoms with Crippen LogP contribution in [0.1, 0.15) is 15.9 Å². The zero-order valence-electron chi connectivity index (χ0n) is 11.7. The van der Waals surface area contributed by atoms with Crippen LogP contribution >= 0.6 is 0 Å². The van der Waals surface area contributed by atoms with Crippen molar-refractivity contribution in [3.8, 4) is 22.6 Å². The van der Waals surface area contributed by atoms with Gasteiger partial charge in [-0.05, 0) is 29.8 Å². The molecule has 3 aromatic rings. The highest BCUT2D eigenvalue weighted by molar-refractivity contribution is 6.09. The van der Waals surface area contributed by atoms with Crippen LogP contribution in [0.5, 0.6) is 11.5 Å². The second kappa shape index (κ2) is 5.74. The minimum atomic E-state index is -0.131. The number of phenols is 2. The minimum absolute atomic E-state index is 0.0347. The van der Waals surface area contributed by atoms with Crippen molar-refractivity contribution < 1.29 is 15.0 Å². The largest absolute Gasteiger partial charge is 0.508 e. The highest BCUT2D eigenvalue weighted by Crippen LogP contribution is 2.31. The van der Waals surface area contributed by atoms with Crippen LogP contribution in [0, 0.1) is 0 Å². The number of benzene rings is 3. The molecule has 0 aliphatic heterocycles. The van der Waals surface area contributed by atoms with Crippen molar-refractivity contribution in [2.45, 2.75) is 0 Å². The first-order valence-corrected chi connectivity index (χ1v) is 6.87. The van der Waals surface area contributed by atoms with E-state index in [1.165, 1.54) is 6.07 Å². The summed E-state index contributed by atoms with van der Waals surface area (Å²) < 4.78 is 0. The average molecular weight is 290 g/mol. The van der Waals surface area contributed by atoms with Gasteiger partial charge in [0.15, 0.2) is 5.78 Å². The van der Waals surface area contributed by atoms with Crippen LogP contribution in [0.3, 0.4) is 0 Å². The Bertz CT molecular complexity index is 806. The lowest BCUT2D eigenvalue weighted by Gasteiger charge is -2.07. The second-order valence-corrected chi connectivity index (χ2v) is 4.97. The van der Waals surface area contributed by atoms with E-state index in [4.69, 9.17) is 0 Å². The van der Waals surface area contributed by atoms with Crippen LogP contribution in [0.25, 0.3) is 11.1 Å². The highest BCUT2D eigenvalue weighted by Gasteiger charge is 2.12. The summed E-state index contributed by atoms with van der Waals surface area (Å²) in [6.07, 6.45) is 0. The summed E-state index contributed by atoms with van der Waals surface area (Å²) in [7, 11) is 0. The van der Waals surface area contributed by atoms with Gasteiger partial charge in [0, 0.05) is 16.7 Å². The summed E-state index contributed by atoms with van der Waals surface area (Å²) >= 11 is 0. The number of phenolic OH excluding ortho intramolecular Hbond substituents is 2. The van der Waals surface area contributed by atoms with Crippen molar-refractivity contribution in [2.24, 2.45) is 0 Å². The Kier molecular flexibility index (Phi) is 3.62. The van der Waals surface area contributed by atoms with E-state index in [2.05, 4.69) is 0 Å². The molecule has 0 saturated heterocycles. The van der Waals surface area contributed by atoms with Crippen molar-refractivity contribution in [2.75, 3.05) is 0 Å². The molecule has 0 saturated carbocycles. The van der Waals surface area contributed by atoms with E-state index >= 15 is 0 Å². The number of carbonyl (C=O) groups is 1. The number of hydrogen-bond donors (Lipinski definition) is 2. The first kappa shape index (κ1) is 13.9. The Morgan fingerprint density at radius 3 is 2.05 bits per heavy atom. The monoisotopic (exact) mass is 290 g/mol. The normalized spacial score (nSPS) is 10.4. The summed E-state index contributed by atoms with van der Waals surface area (Å²) in [5.74, 6) is 0.0692. The molecule has 0 heterocycles. The smallest absolute Gasteiger partial charge is 0.193 e. The summed E-state index contributed by atoms with van der Waals surface area (Å²) in [6, 6.07) is 20.3. The molecule has 3 heteroatoms. The van der Waals surface area contributed by atoms with Gasteiger partial charge in [-0.3, -0.25) is 4.79 Å². The van der Waals surface area contributed by atoms with Gasteiger partial charge >= 0.3 is 0 Å². The molecule has 2 N–H and O–H groups in total. The molecular formula is C19H14O3. The number of hydrogen-bond acceptors (Lipinski definition) is 3. The van der Waals surface area contributed by atoms with E-state index in [9.17, 15) is 15.0 Å². The lowest BCUT2D eigenvalue weighted by Crippen LogP contribution is -2.00. The van der Waals surface area contributed by atoms with Crippen LogP contribution in [0.15, 0.2) is 72.8 Å². The Labute approximate surface area is 128 Å². The Morgan fingerprint density at radius 2 is 1.41 bits per heavy atom. The van der Waals surface area contributed by atoms with E-state index in [1.54, 1.807) is 60.7 Å². The molecule has 0 spiro atoms. The van der Waals surface area contributed by atoms with E-state index in [0.29, 0.717) is 16.7 Å². The number of ketones is 1. The molecule has 3 nitrogen and oxygen atoms in total. The molecule has 0 aromatic heterocycles. The first-order valence-electron chi connectivity index (χ1n) is 6.87. The molecule has 0 amide bonds. The molecule has 22 heavy (non-hydrogen) atoms. The maximum Gasteiger partial charge on any atom is 0.193 e. The lowest BCUT2D eigenvalue weighted by molar-refractivity contribution is 0.103. The van der Waals surface area contributed by atoms with Gasteiger partial charge in [-0.2, -0.15) is 0 Å². The number of aromatic hydroxyl groups is 2. The van der Waals surface area contributed by atoms with E-state index < -0.39 is 0 Å². The summed E-state index contributed by atoms with van der Waals surface area (Å²) in [4.78, 5) is 12.3. The third-order valence-corrected chi connectivity index (χ3v) is 3.47. The maximum atomic E-state index is 12.3. The van der Waals surface area contributed by atoms with Crippen molar-refractivity contribution in [1.82, 2.24) is 0 Å². The topological polar surface area (TPSA) is 57.5 Å². The minimum Gasteiger partial charge on any atom is -0.508 e. The van der Waals surface area contributed by atoms with Gasteiger partial charge in [-0.1, -0.05) is 48.5 Å². The zero-order valence-corrected chi connectivity index (χ0v) is 11.7. The summed E-state index contributed by atoms with van der Waals surface area (Å²) in [6.45, 7) is 0. The van der Waals surface area contributed by atoms with Crippen molar-refractivity contribution in [3.63, 3.8) is 0 Å². The molecule has 108 valence electrons. The fourth-order valence-electron chi connectivity index (χ4n) is 2.31. The SMILES string of the molecule is O=C(c1ccccc1)c1ccc(-c2ccc(O)cc2)c(O)c1. The van der Waals surface area contributed by atoms with Crippen LogP contribution < -0.4 is 0 Å². The van der Waals surface area contributed by atoms with E-state index in [1.807, 2.05) is 6.07 Å². The molecule has 3 rings (SSSR count). The number of rotatable bonds is 3. The predicted octanol–water partition coefficient (Wildman–Crippen LogP) is 4.00. The Hall–Kier alpha value is -3.07. The molecule has 0 bridgehead atoms. The fraction of sp³-hybridized carbons (Fsp3) is 0. The number of carbonyl (C=O) groups excluding carboxylic acids is 1. The van der Waals surface area contributed by atoms with Gasteiger partial charge in [-0.25, -0.2) is 0 Å². The first-order chi connectivity index (χ1) is 10.6. The molecule has 0 aliphatic rings. The Morgan fingerprint density at radius 1 is 0.727 bits per heavy atom. The van der Waals surface area contributed by atoms with E-state index in [-0.39, 0.29) is 17.3 Å². The third kappa shape index (κ3) is 2.69. The van der Waals surface area contributed by atoms with Gasteiger partial charge in [0.25, 0.3) is 0 Å². The zero-order chi connectivity index (χ0) is 15.5. The van der Waals surface area contributed by atoms with Gasteiger partial charge in [0.2, 0.25) is 0 Å². The van der Waals surface area contributed by atoms with Gasteiger partial charge in [0.05, 0.1) is 0 Å². The quantitative estimate of drug-likeness (QED) is 0.717. The van der Waals surface area contributed by atoms with Crippen LogP contribution in [-0.2, 0) is 0 Å². The van der Waals surface area contributed by atoms with E-state index in [0.717, 1.165) is 5.56 Å². The third-order valence-electron chi connectivity index (χ3n) is 3.47. The molecular weight excluding hydrogens is 276 g/mol. The van der Waals surface area contributed by atoms with Gasteiger partial charge in [0.1, 0.15) is 11.5 Å². The van der Waals surface area contributed by atoms with Crippen molar-refractivity contribution in [1.29, 1.82) is 0 Å². The van der Waals surface area contributed by atoms with Crippen LogP contribution in [-0.4, -0.2) is 16.0 Å². The van der Waals surface area contributed by atoms with Crippen molar-refractivity contribution >= 4 is 5.78 Å². The standard InChI is InChI=1S/C19H14O3/c20-16-9-6-13(7-10-16)17-11-8-15(12-18(17)21)19(22)14-4-2-1-3-5-14/h1-12,20-21H. The highest BCUT2D eigenvalue weighted by atomic mass is 16.3. The molecule has 0 unspecified atom stereocenters. The predicted molar refractivity (Wildman–Crippen MR) is 85.1 cm³/mol. The average Bonchev–Trinajstić information content (AvgIpc) is 2.56. The van der Waals surface area contributed by atoms with Crippen molar-refractivity contribution in [3.05, 3.63) is 83.9 Å². The van der Waals surface area contributed by atoms with Gasteiger partial charge in [-0.15, -0.1) is 0 Å². The van der Waals surface area contributed by atoms with Gasteiger partial charge < -0.3 is 10.2 Å². The molecule has 3 aromatic carbocycles. The molecule has 0 atom stereocenters. The summed E-state index contributed by atoms with van der Waals surface area (Å²) in [5, 5.41) is 19.5. The summed E-state index contributed by atoms with van der Waals surface area (Å²) in [5.41, 5.74) is 2.41. The molecule has 0 aliphatic carbocycles. The molecule has 0 fully saturated rings. The molecule has 0 radical (unpaired) electrons. The maximum absolute atomic E-state index is 12.3. The lowest BCUT2D eigenvalue weighted by atomic mass is 9.98. The van der Waals surface area contributed by atoms with Crippen LogP contribution in [0.4, 0.5) is 0 Å². The second-order valence-electron chi connectivity index (χ2n) is 4.97. The fourth-order valence-corrected chi connectivity index (χ4v) is 2.31. The van der Waals surface area contributed by atoms with Crippen LogP contribution in [0.2, 0.25) is 0 Å².